The fraction of sp³-hybridized carbons (Fsp3) is 0.556. The van der Waals surface area contributed by atoms with Crippen molar-refractivity contribution in [2.45, 2.75) is 108 Å². The lowest BCUT2D eigenvalue weighted by Crippen LogP contribution is -2.55. The predicted octanol–water partition coefficient (Wildman–Crippen LogP) is 4.90. The highest BCUT2D eigenvalue weighted by Crippen LogP contribution is 2.51. The molecular formula is C36H49FN2O7. The van der Waals surface area contributed by atoms with Crippen LogP contribution in [-0.4, -0.2) is 70.5 Å². The Morgan fingerprint density at radius 2 is 1.72 bits per heavy atom. The number of nitrogens with zero attached hydrogens (tertiary/aromatic N) is 1. The van der Waals surface area contributed by atoms with E-state index >= 15 is 0 Å². The number of nitrogens with one attached hydrogen (secondary N) is 1. The summed E-state index contributed by atoms with van der Waals surface area (Å²) in [5, 5.41) is 33.8. The van der Waals surface area contributed by atoms with E-state index in [4.69, 9.17) is 9.47 Å². The number of ether oxygens (including phenoxy) is 2. The van der Waals surface area contributed by atoms with E-state index in [9.17, 15) is 29.3 Å². The zero-order valence-electron chi connectivity index (χ0n) is 27.1. The molecule has 0 fully saturated rings. The molecule has 252 valence electrons. The number of carbonyl (C=O) groups excluding carboxylic acids is 2. The molecule has 2 aromatic rings. The van der Waals surface area contributed by atoms with Crippen LogP contribution in [-0.2, 0) is 22.7 Å². The fourth-order valence-electron chi connectivity index (χ4n) is 6.52. The summed E-state index contributed by atoms with van der Waals surface area (Å²) in [7, 11) is 1.47. The zero-order chi connectivity index (χ0) is 33.1. The van der Waals surface area contributed by atoms with Gasteiger partial charge in [-0.1, -0.05) is 76.5 Å². The van der Waals surface area contributed by atoms with E-state index in [1.807, 2.05) is 0 Å². The number of hydrogen-bond acceptors (Lipinski definition) is 7. The smallest absolute Gasteiger partial charge is 0.247 e. The summed E-state index contributed by atoms with van der Waals surface area (Å²) in [4.78, 5) is 28.9. The lowest BCUT2D eigenvalue weighted by atomic mass is 9.77. The Hall–Kier alpha value is -3.47. The van der Waals surface area contributed by atoms with Gasteiger partial charge in [0.1, 0.15) is 18.0 Å². The van der Waals surface area contributed by atoms with Gasteiger partial charge in [0.25, 0.3) is 0 Å². The Kier molecular flexibility index (Phi) is 13.4. The van der Waals surface area contributed by atoms with Crippen molar-refractivity contribution in [3.63, 3.8) is 0 Å². The highest BCUT2D eigenvalue weighted by atomic mass is 19.1. The van der Waals surface area contributed by atoms with Gasteiger partial charge in [-0.15, -0.1) is 0 Å². The number of amides is 2. The Bertz CT molecular complexity index is 1350. The molecular weight excluding hydrogens is 591 g/mol. The minimum Gasteiger partial charge on any atom is -0.493 e. The molecule has 10 heteroatoms. The van der Waals surface area contributed by atoms with Crippen LogP contribution in [0.3, 0.4) is 0 Å². The summed E-state index contributed by atoms with van der Waals surface area (Å²) in [5.41, 5.74) is 1.66. The van der Waals surface area contributed by atoms with Crippen LogP contribution < -0.4 is 14.8 Å². The number of aliphatic hydroxyl groups excluding tert-OH is 3. The molecule has 1 heterocycles. The van der Waals surface area contributed by atoms with Gasteiger partial charge in [-0.25, -0.2) is 4.39 Å². The largest absolute Gasteiger partial charge is 0.493 e. The minimum absolute atomic E-state index is 0.00493. The first kappa shape index (κ1) is 35.4. The van der Waals surface area contributed by atoms with Gasteiger partial charge in [-0.2, -0.15) is 0 Å². The summed E-state index contributed by atoms with van der Waals surface area (Å²) in [6, 6.07) is 8.56. The van der Waals surface area contributed by atoms with Gasteiger partial charge in [0.05, 0.1) is 32.3 Å². The molecule has 2 amide bonds. The van der Waals surface area contributed by atoms with Gasteiger partial charge in [-0.05, 0) is 36.3 Å². The zero-order valence-corrected chi connectivity index (χ0v) is 27.1. The summed E-state index contributed by atoms with van der Waals surface area (Å²) in [5.74, 6) is -1.25. The quantitative estimate of drug-likeness (QED) is 0.171. The van der Waals surface area contributed by atoms with Gasteiger partial charge in [0, 0.05) is 36.2 Å². The third kappa shape index (κ3) is 8.46. The van der Waals surface area contributed by atoms with Gasteiger partial charge < -0.3 is 35.0 Å². The first-order valence-corrected chi connectivity index (χ1v) is 16.6. The van der Waals surface area contributed by atoms with E-state index in [2.05, 4.69) is 12.2 Å². The summed E-state index contributed by atoms with van der Waals surface area (Å²) >= 11 is 0. The standard InChI is InChI=1S/C36H49FN2O7/c1-3-4-5-6-7-8-9-10-11-16-31(42)39(22-25-14-12-13-15-28(25)37)29-21-27(36(44)38-17-18-40)32-26-19-24(23-41)20-30(45-2)34(26)46-35(32)33(29)43/h12-15,19-21,29,32-33,35,40-41,43H,3-11,16-18,22-23H2,1-2H3,(H,38,44). The van der Waals surface area contributed by atoms with E-state index in [0.717, 1.165) is 19.3 Å². The predicted molar refractivity (Wildman–Crippen MR) is 173 cm³/mol. The van der Waals surface area contributed by atoms with Crippen molar-refractivity contribution in [3.8, 4) is 11.5 Å². The van der Waals surface area contributed by atoms with E-state index in [0.29, 0.717) is 34.6 Å². The molecule has 0 aromatic heterocycles. The Morgan fingerprint density at radius 3 is 2.37 bits per heavy atom. The van der Waals surface area contributed by atoms with Crippen molar-refractivity contribution >= 4 is 11.8 Å². The number of aliphatic hydroxyl groups is 3. The lowest BCUT2D eigenvalue weighted by molar-refractivity contribution is -0.138. The number of rotatable bonds is 18. The molecule has 4 N–H and O–H groups in total. The summed E-state index contributed by atoms with van der Waals surface area (Å²) < 4.78 is 26.7. The summed E-state index contributed by atoms with van der Waals surface area (Å²) in [6.07, 6.45) is 9.39. The van der Waals surface area contributed by atoms with Crippen LogP contribution in [0.4, 0.5) is 4.39 Å². The molecule has 1 aliphatic carbocycles. The third-order valence-electron chi connectivity index (χ3n) is 8.97. The SMILES string of the molecule is CCCCCCCCCCCC(=O)N(Cc1ccccc1F)C1C=C(C(=O)NCCO)C2c3cc(CO)cc(OC)c3OC2C1O. The number of methoxy groups -OCH3 is 1. The molecule has 46 heavy (non-hydrogen) atoms. The van der Waals surface area contributed by atoms with Crippen molar-refractivity contribution in [1.29, 1.82) is 0 Å². The molecule has 4 unspecified atom stereocenters. The number of carbonyl (C=O) groups is 2. The van der Waals surface area contributed by atoms with Gasteiger partial charge in [0.15, 0.2) is 11.5 Å². The normalized spacial score (nSPS) is 19.9. The molecule has 0 saturated carbocycles. The maximum atomic E-state index is 14.9. The Balaban J connectivity index is 1.63. The first-order chi connectivity index (χ1) is 22.3. The Labute approximate surface area is 271 Å². The molecule has 0 spiro atoms. The topological polar surface area (TPSA) is 129 Å². The number of fused-ring (bicyclic) bond motifs is 3. The molecule has 0 saturated heterocycles. The van der Waals surface area contributed by atoms with E-state index in [-0.39, 0.29) is 44.2 Å². The van der Waals surface area contributed by atoms with Gasteiger partial charge in [0.2, 0.25) is 11.8 Å². The van der Waals surface area contributed by atoms with Crippen molar-refractivity contribution in [1.82, 2.24) is 10.2 Å². The van der Waals surface area contributed by atoms with Crippen molar-refractivity contribution < 1.29 is 38.8 Å². The number of unbranched alkanes of at least 4 members (excludes halogenated alkanes) is 8. The molecule has 0 bridgehead atoms. The van der Waals surface area contributed by atoms with Crippen LogP contribution in [0.5, 0.6) is 11.5 Å². The van der Waals surface area contributed by atoms with Gasteiger partial charge in [-0.3, -0.25) is 9.59 Å². The third-order valence-corrected chi connectivity index (χ3v) is 8.97. The number of halogens is 1. The second-order valence-electron chi connectivity index (χ2n) is 12.2. The molecule has 4 atom stereocenters. The number of hydrogen-bond donors (Lipinski definition) is 4. The van der Waals surface area contributed by atoms with Crippen LogP contribution in [0.15, 0.2) is 48.0 Å². The highest BCUT2D eigenvalue weighted by molar-refractivity contribution is 5.96. The van der Waals surface area contributed by atoms with Crippen LogP contribution >= 0.6 is 0 Å². The van der Waals surface area contributed by atoms with Crippen LogP contribution in [0.25, 0.3) is 0 Å². The van der Waals surface area contributed by atoms with Crippen molar-refractivity contribution in [2.75, 3.05) is 20.3 Å². The molecule has 1 aliphatic heterocycles. The average molecular weight is 641 g/mol. The Morgan fingerprint density at radius 1 is 1.02 bits per heavy atom. The van der Waals surface area contributed by atoms with Crippen molar-refractivity contribution in [3.05, 3.63) is 70.6 Å². The highest BCUT2D eigenvalue weighted by Gasteiger charge is 2.51. The second kappa shape index (κ2) is 17.4. The lowest BCUT2D eigenvalue weighted by Gasteiger charge is -2.41. The second-order valence-corrected chi connectivity index (χ2v) is 12.2. The first-order valence-electron chi connectivity index (χ1n) is 16.6. The van der Waals surface area contributed by atoms with Gasteiger partial charge >= 0.3 is 0 Å². The molecule has 2 aliphatic rings. The monoisotopic (exact) mass is 640 g/mol. The van der Waals surface area contributed by atoms with Crippen LogP contribution in [0.1, 0.15) is 93.7 Å². The molecule has 0 radical (unpaired) electrons. The molecule has 9 nitrogen and oxygen atoms in total. The van der Waals surface area contributed by atoms with Crippen LogP contribution in [0.2, 0.25) is 0 Å². The van der Waals surface area contributed by atoms with E-state index < -0.39 is 35.9 Å². The molecule has 4 rings (SSSR count). The average Bonchev–Trinajstić information content (AvgIpc) is 3.46. The summed E-state index contributed by atoms with van der Waals surface area (Å²) in [6.45, 7) is 1.56. The minimum atomic E-state index is -1.27. The van der Waals surface area contributed by atoms with E-state index in [1.54, 1.807) is 36.4 Å². The number of benzene rings is 2. The van der Waals surface area contributed by atoms with Crippen LogP contribution in [0, 0.1) is 5.82 Å². The fourth-order valence-corrected chi connectivity index (χ4v) is 6.52. The van der Waals surface area contributed by atoms with Crippen molar-refractivity contribution in [2.24, 2.45) is 0 Å². The van der Waals surface area contributed by atoms with E-state index in [1.165, 1.54) is 50.2 Å². The maximum Gasteiger partial charge on any atom is 0.247 e. The molecule has 2 aromatic carbocycles. The maximum absolute atomic E-state index is 14.9.